The van der Waals surface area contributed by atoms with Gasteiger partial charge in [-0.1, -0.05) is 152 Å². The van der Waals surface area contributed by atoms with E-state index in [4.69, 9.17) is 20.2 Å². The second-order valence-electron chi connectivity index (χ2n) is 11.6. The molecule has 0 radical (unpaired) electrons. The summed E-state index contributed by atoms with van der Waals surface area (Å²) in [4.78, 5) is 14.8. The van der Waals surface area contributed by atoms with E-state index in [-0.39, 0.29) is 0 Å². The lowest BCUT2D eigenvalue weighted by atomic mass is 9.91. The number of hydrogen-bond acceptors (Lipinski definition) is 4. The number of nitriles is 1. The highest BCUT2D eigenvalue weighted by Gasteiger charge is 2.14. The molecule has 0 spiro atoms. The van der Waals surface area contributed by atoms with Crippen molar-refractivity contribution in [1.82, 2.24) is 15.0 Å². The van der Waals surface area contributed by atoms with Crippen molar-refractivity contribution in [2.24, 2.45) is 0 Å². The van der Waals surface area contributed by atoms with Gasteiger partial charge < -0.3 is 0 Å². The molecule has 0 saturated carbocycles. The highest BCUT2D eigenvalue weighted by molar-refractivity contribution is 6.04. The Hall–Kier alpha value is -6.70. The molecule has 0 bridgehead atoms. The summed E-state index contributed by atoms with van der Waals surface area (Å²) in [6, 6.07) is 60.1. The Bertz CT molecular complexity index is 2370. The van der Waals surface area contributed by atoms with E-state index < -0.39 is 0 Å². The Kier molecular flexibility index (Phi) is 7.54. The predicted octanol–water partition coefficient (Wildman–Crippen LogP) is 10.9. The largest absolute Gasteiger partial charge is 0.208 e. The first-order chi connectivity index (χ1) is 23.7. The van der Waals surface area contributed by atoms with E-state index in [2.05, 4.69) is 91.0 Å². The topological polar surface area (TPSA) is 62.5 Å². The highest BCUT2D eigenvalue weighted by atomic mass is 15.0. The lowest BCUT2D eigenvalue weighted by Gasteiger charge is -2.13. The molecule has 0 atom stereocenters. The molecule has 48 heavy (non-hydrogen) atoms. The van der Waals surface area contributed by atoms with Crippen LogP contribution in [0.4, 0.5) is 0 Å². The maximum atomic E-state index is 9.15. The Morgan fingerprint density at radius 3 is 1.29 bits per heavy atom. The first-order valence-corrected chi connectivity index (χ1v) is 15.8. The van der Waals surface area contributed by atoms with Gasteiger partial charge in [0.1, 0.15) is 0 Å². The third-order valence-electron chi connectivity index (χ3n) is 8.60. The average molecular weight is 613 g/mol. The van der Waals surface area contributed by atoms with Gasteiger partial charge in [0.2, 0.25) is 0 Å². The highest BCUT2D eigenvalue weighted by Crippen LogP contribution is 2.37. The Labute approximate surface area is 279 Å². The number of hydrogen-bond donors (Lipinski definition) is 0. The van der Waals surface area contributed by atoms with Gasteiger partial charge in [-0.2, -0.15) is 5.26 Å². The smallest absolute Gasteiger partial charge is 0.164 e. The SMILES string of the molecule is N#Cc1ccc(-c2ccc(-c3cccc4c(-c5cccc(-c6nc(-c7ccccc7)nc(-c7ccccc7)n6)c5)cccc34)cc2)cc1. The molecule has 7 aromatic carbocycles. The molecular weight excluding hydrogens is 585 g/mol. The molecule has 0 aliphatic heterocycles. The fourth-order valence-electron chi connectivity index (χ4n) is 6.16. The van der Waals surface area contributed by atoms with Gasteiger partial charge in [0.15, 0.2) is 17.5 Å². The van der Waals surface area contributed by atoms with Crippen molar-refractivity contribution in [1.29, 1.82) is 5.26 Å². The summed E-state index contributed by atoms with van der Waals surface area (Å²) in [7, 11) is 0. The van der Waals surface area contributed by atoms with Crippen LogP contribution in [0.2, 0.25) is 0 Å². The lowest BCUT2D eigenvalue weighted by Crippen LogP contribution is -2.00. The summed E-state index contributed by atoms with van der Waals surface area (Å²) >= 11 is 0. The maximum absolute atomic E-state index is 9.15. The molecule has 0 fully saturated rings. The third kappa shape index (κ3) is 5.62. The number of fused-ring (bicyclic) bond motifs is 1. The van der Waals surface area contributed by atoms with Gasteiger partial charge in [-0.3, -0.25) is 0 Å². The number of rotatable bonds is 6. The van der Waals surface area contributed by atoms with Crippen LogP contribution < -0.4 is 0 Å². The molecular formula is C44H28N4. The first kappa shape index (κ1) is 28.8. The van der Waals surface area contributed by atoms with Crippen molar-refractivity contribution < 1.29 is 0 Å². The van der Waals surface area contributed by atoms with E-state index >= 15 is 0 Å². The molecule has 1 aromatic heterocycles. The van der Waals surface area contributed by atoms with Crippen LogP contribution in [0.5, 0.6) is 0 Å². The quantitative estimate of drug-likeness (QED) is 0.187. The Morgan fingerprint density at radius 2 is 0.750 bits per heavy atom. The van der Waals surface area contributed by atoms with E-state index in [1.54, 1.807) is 0 Å². The van der Waals surface area contributed by atoms with Gasteiger partial charge in [0.25, 0.3) is 0 Å². The molecule has 0 N–H and O–H groups in total. The lowest BCUT2D eigenvalue weighted by molar-refractivity contribution is 1.07. The fraction of sp³-hybridized carbons (Fsp3) is 0. The van der Waals surface area contributed by atoms with Crippen LogP contribution in [0.25, 0.3) is 78.3 Å². The van der Waals surface area contributed by atoms with E-state index in [1.807, 2.05) is 84.9 Å². The molecule has 0 amide bonds. The van der Waals surface area contributed by atoms with Crippen LogP contribution in [0.3, 0.4) is 0 Å². The zero-order chi connectivity index (χ0) is 32.3. The summed E-state index contributed by atoms with van der Waals surface area (Å²) < 4.78 is 0. The Balaban J connectivity index is 1.19. The van der Waals surface area contributed by atoms with Crippen LogP contribution in [-0.2, 0) is 0 Å². The summed E-state index contributed by atoms with van der Waals surface area (Å²) in [5.74, 6) is 1.92. The van der Waals surface area contributed by atoms with Crippen molar-refractivity contribution >= 4 is 10.8 Å². The van der Waals surface area contributed by atoms with Gasteiger partial charge in [-0.25, -0.2) is 15.0 Å². The monoisotopic (exact) mass is 612 g/mol. The minimum Gasteiger partial charge on any atom is -0.208 e. The maximum Gasteiger partial charge on any atom is 0.164 e. The van der Waals surface area contributed by atoms with Gasteiger partial charge in [-0.15, -0.1) is 0 Å². The van der Waals surface area contributed by atoms with Crippen molar-refractivity contribution in [2.75, 3.05) is 0 Å². The second-order valence-corrected chi connectivity index (χ2v) is 11.6. The molecule has 0 unspecified atom stereocenters. The zero-order valence-electron chi connectivity index (χ0n) is 26.0. The predicted molar refractivity (Wildman–Crippen MR) is 195 cm³/mol. The van der Waals surface area contributed by atoms with Crippen LogP contribution in [0.15, 0.2) is 170 Å². The minimum atomic E-state index is 0.632. The minimum absolute atomic E-state index is 0.632. The molecule has 0 saturated heterocycles. The summed E-state index contributed by atoms with van der Waals surface area (Å²) in [6.45, 7) is 0. The molecule has 4 nitrogen and oxygen atoms in total. The van der Waals surface area contributed by atoms with Gasteiger partial charge >= 0.3 is 0 Å². The van der Waals surface area contributed by atoms with E-state index in [0.29, 0.717) is 23.0 Å². The summed E-state index contributed by atoms with van der Waals surface area (Å²) in [6.07, 6.45) is 0. The van der Waals surface area contributed by atoms with Gasteiger partial charge in [-0.05, 0) is 62.4 Å². The second kappa shape index (κ2) is 12.6. The van der Waals surface area contributed by atoms with E-state index in [9.17, 15) is 0 Å². The Morgan fingerprint density at radius 1 is 0.333 bits per heavy atom. The number of benzene rings is 7. The molecule has 4 heteroatoms. The van der Waals surface area contributed by atoms with Crippen LogP contribution in [0.1, 0.15) is 5.56 Å². The molecule has 0 aliphatic rings. The standard InChI is InChI=1S/C44H28N4/c45-29-30-20-22-31(23-21-30)32-24-26-33(27-25-32)38-16-8-19-41-39(17-9-18-40(38)41)36-14-7-15-37(28-36)44-47-42(34-10-3-1-4-11-34)46-43(48-44)35-12-5-2-6-13-35/h1-28H. The van der Waals surface area contributed by atoms with Crippen LogP contribution in [-0.4, -0.2) is 15.0 Å². The number of nitrogens with zero attached hydrogens (tertiary/aromatic N) is 4. The molecule has 224 valence electrons. The molecule has 8 aromatic rings. The fourth-order valence-corrected chi connectivity index (χ4v) is 6.16. The number of aromatic nitrogens is 3. The van der Waals surface area contributed by atoms with Crippen molar-refractivity contribution in [2.45, 2.75) is 0 Å². The summed E-state index contributed by atoms with van der Waals surface area (Å²) in [5, 5.41) is 11.5. The molecule has 0 aliphatic carbocycles. The zero-order valence-corrected chi connectivity index (χ0v) is 26.0. The van der Waals surface area contributed by atoms with Gasteiger partial charge in [0, 0.05) is 16.7 Å². The summed E-state index contributed by atoms with van der Waals surface area (Å²) in [5.41, 5.74) is 10.2. The third-order valence-corrected chi connectivity index (χ3v) is 8.60. The molecule has 8 rings (SSSR count). The normalized spacial score (nSPS) is 10.9. The van der Waals surface area contributed by atoms with Gasteiger partial charge in [0.05, 0.1) is 11.6 Å². The van der Waals surface area contributed by atoms with E-state index in [0.717, 1.165) is 44.5 Å². The van der Waals surface area contributed by atoms with Crippen LogP contribution >= 0.6 is 0 Å². The van der Waals surface area contributed by atoms with Crippen molar-refractivity contribution in [3.05, 3.63) is 175 Å². The van der Waals surface area contributed by atoms with E-state index in [1.165, 1.54) is 16.3 Å². The average Bonchev–Trinajstić information content (AvgIpc) is 3.18. The van der Waals surface area contributed by atoms with Crippen molar-refractivity contribution in [3.8, 4) is 73.6 Å². The first-order valence-electron chi connectivity index (χ1n) is 15.8. The molecule has 1 heterocycles. The van der Waals surface area contributed by atoms with Crippen LogP contribution in [0, 0.1) is 11.3 Å². The van der Waals surface area contributed by atoms with Crippen molar-refractivity contribution in [3.63, 3.8) is 0 Å².